The molecule has 2 rings (SSSR count). The Kier molecular flexibility index (Phi) is 4.92. The Morgan fingerprint density at radius 1 is 1.45 bits per heavy atom. The van der Waals surface area contributed by atoms with Crippen molar-refractivity contribution in [2.75, 3.05) is 0 Å². The Labute approximate surface area is 122 Å². The first-order valence-electron chi connectivity index (χ1n) is 6.53. The lowest BCUT2D eigenvalue weighted by atomic mass is 10.1. The van der Waals surface area contributed by atoms with Crippen LogP contribution >= 0.6 is 11.8 Å². The van der Waals surface area contributed by atoms with Crippen molar-refractivity contribution in [3.8, 4) is 0 Å². The maximum absolute atomic E-state index is 11.4. The molecular weight excluding hydrogens is 272 g/mol. The molecule has 106 valence electrons. The molecule has 2 aromatic heterocycles. The number of aryl methyl sites for hydroxylation is 1. The summed E-state index contributed by atoms with van der Waals surface area (Å²) in [5, 5.41) is 1.35. The summed E-state index contributed by atoms with van der Waals surface area (Å²) >= 11 is 1.34. The number of rotatable bonds is 5. The highest BCUT2D eigenvalue weighted by atomic mass is 32.2. The summed E-state index contributed by atoms with van der Waals surface area (Å²) in [7, 11) is 0. The van der Waals surface area contributed by atoms with E-state index in [0.717, 1.165) is 23.4 Å². The van der Waals surface area contributed by atoms with Gasteiger partial charge in [-0.05, 0) is 43.2 Å². The number of pyridine rings is 1. The van der Waals surface area contributed by atoms with Crippen LogP contribution in [0.5, 0.6) is 0 Å². The third-order valence-corrected chi connectivity index (χ3v) is 3.71. The minimum Gasteiger partial charge on any atom is -0.327 e. The highest BCUT2D eigenvalue weighted by molar-refractivity contribution is 7.99. The third kappa shape index (κ3) is 4.18. The highest BCUT2D eigenvalue weighted by Crippen LogP contribution is 2.21. The molecule has 0 bridgehead atoms. The average Bonchev–Trinajstić information content (AvgIpc) is 2.39. The molecule has 0 aliphatic heterocycles. The summed E-state index contributed by atoms with van der Waals surface area (Å²) in [5.74, 6) is 0. The van der Waals surface area contributed by atoms with E-state index in [1.54, 1.807) is 6.92 Å². The summed E-state index contributed by atoms with van der Waals surface area (Å²) in [6.07, 6.45) is 3.60. The standard InChI is InChI=1S/C14H18N4OS/c1-3-11(15)7-10-4-5-13(16-8-10)20-14-17-9(2)6-12(19)18-14/h4-6,8,11H,3,7,15H2,1-2H3,(H,17,18,19). The van der Waals surface area contributed by atoms with Crippen LogP contribution in [0.15, 0.2) is 39.4 Å². The van der Waals surface area contributed by atoms with Gasteiger partial charge < -0.3 is 10.7 Å². The van der Waals surface area contributed by atoms with Crippen LogP contribution < -0.4 is 11.3 Å². The molecule has 3 N–H and O–H groups in total. The van der Waals surface area contributed by atoms with Crippen molar-refractivity contribution in [3.05, 3.63) is 46.0 Å². The van der Waals surface area contributed by atoms with E-state index in [-0.39, 0.29) is 11.6 Å². The summed E-state index contributed by atoms with van der Waals surface area (Å²) in [5.41, 5.74) is 7.59. The van der Waals surface area contributed by atoms with E-state index in [1.165, 1.54) is 17.8 Å². The van der Waals surface area contributed by atoms with Crippen LogP contribution in [0.4, 0.5) is 0 Å². The van der Waals surface area contributed by atoms with Gasteiger partial charge in [-0.3, -0.25) is 4.79 Å². The van der Waals surface area contributed by atoms with Crippen molar-refractivity contribution in [3.63, 3.8) is 0 Å². The number of nitrogens with zero attached hydrogens (tertiary/aromatic N) is 2. The van der Waals surface area contributed by atoms with Crippen molar-refractivity contribution < 1.29 is 0 Å². The number of H-pyrrole nitrogens is 1. The molecule has 0 aliphatic rings. The molecule has 1 unspecified atom stereocenters. The molecule has 0 spiro atoms. The number of nitrogens with two attached hydrogens (primary N) is 1. The highest BCUT2D eigenvalue weighted by Gasteiger charge is 2.05. The first-order chi connectivity index (χ1) is 9.56. The third-order valence-electron chi connectivity index (χ3n) is 2.87. The fraction of sp³-hybridized carbons (Fsp3) is 0.357. The minimum atomic E-state index is -0.148. The van der Waals surface area contributed by atoms with Gasteiger partial charge in [-0.25, -0.2) is 9.97 Å². The van der Waals surface area contributed by atoms with Gasteiger partial charge in [-0.2, -0.15) is 0 Å². The second-order valence-corrected chi connectivity index (χ2v) is 5.68. The summed E-state index contributed by atoms with van der Waals surface area (Å²) < 4.78 is 0. The van der Waals surface area contributed by atoms with E-state index >= 15 is 0 Å². The fourth-order valence-electron chi connectivity index (χ4n) is 1.74. The van der Waals surface area contributed by atoms with Crippen molar-refractivity contribution in [2.45, 2.75) is 42.9 Å². The van der Waals surface area contributed by atoms with Gasteiger partial charge in [0.15, 0.2) is 5.16 Å². The molecule has 6 heteroatoms. The van der Waals surface area contributed by atoms with Crippen LogP contribution in [-0.4, -0.2) is 21.0 Å². The largest absolute Gasteiger partial charge is 0.327 e. The van der Waals surface area contributed by atoms with E-state index in [4.69, 9.17) is 5.73 Å². The summed E-state index contributed by atoms with van der Waals surface area (Å²) in [4.78, 5) is 22.7. The topological polar surface area (TPSA) is 84.7 Å². The van der Waals surface area contributed by atoms with Gasteiger partial charge in [0.25, 0.3) is 5.56 Å². The zero-order valence-electron chi connectivity index (χ0n) is 11.6. The maximum atomic E-state index is 11.4. The lowest BCUT2D eigenvalue weighted by molar-refractivity contribution is 0.644. The first kappa shape index (κ1) is 14.7. The molecule has 0 saturated heterocycles. The van der Waals surface area contributed by atoms with Crippen LogP contribution in [0, 0.1) is 6.92 Å². The van der Waals surface area contributed by atoms with E-state index in [1.807, 2.05) is 18.3 Å². The van der Waals surface area contributed by atoms with Gasteiger partial charge in [0.1, 0.15) is 5.03 Å². The Hall–Kier alpha value is -1.66. The van der Waals surface area contributed by atoms with E-state index in [0.29, 0.717) is 10.9 Å². The monoisotopic (exact) mass is 290 g/mol. The second-order valence-electron chi connectivity index (χ2n) is 4.67. The van der Waals surface area contributed by atoms with Crippen LogP contribution in [0.3, 0.4) is 0 Å². The molecule has 5 nitrogen and oxygen atoms in total. The second kappa shape index (κ2) is 6.67. The lowest BCUT2D eigenvalue weighted by Crippen LogP contribution is -2.21. The van der Waals surface area contributed by atoms with E-state index in [2.05, 4.69) is 21.9 Å². The fourth-order valence-corrected chi connectivity index (χ4v) is 2.52. The van der Waals surface area contributed by atoms with Gasteiger partial charge in [0, 0.05) is 24.0 Å². The SMILES string of the molecule is CCC(N)Cc1ccc(Sc2nc(C)cc(=O)[nH]2)nc1. The Morgan fingerprint density at radius 3 is 2.85 bits per heavy atom. The van der Waals surface area contributed by atoms with Crippen molar-refractivity contribution in [2.24, 2.45) is 5.73 Å². The van der Waals surface area contributed by atoms with Crippen molar-refractivity contribution in [1.29, 1.82) is 0 Å². The molecule has 2 heterocycles. The Bertz CT molecular complexity index is 624. The van der Waals surface area contributed by atoms with E-state index in [9.17, 15) is 4.79 Å². The quantitative estimate of drug-likeness (QED) is 0.822. The van der Waals surface area contributed by atoms with Crippen molar-refractivity contribution >= 4 is 11.8 Å². The van der Waals surface area contributed by atoms with Gasteiger partial charge >= 0.3 is 0 Å². The van der Waals surface area contributed by atoms with Gasteiger partial charge in [-0.15, -0.1) is 0 Å². The molecule has 1 atom stereocenters. The van der Waals surface area contributed by atoms with Crippen LogP contribution in [0.1, 0.15) is 24.6 Å². The Balaban J connectivity index is 2.08. The number of hydrogen-bond acceptors (Lipinski definition) is 5. The number of aromatic nitrogens is 3. The summed E-state index contributed by atoms with van der Waals surface area (Å²) in [6, 6.07) is 5.57. The summed E-state index contributed by atoms with van der Waals surface area (Å²) in [6.45, 7) is 3.87. The number of hydrogen-bond donors (Lipinski definition) is 2. The minimum absolute atomic E-state index is 0.148. The zero-order chi connectivity index (χ0) is 14.5. The first-order valence-corrected chi connectivity index (χ1v) is 7.35. The van der Waals surface area contributed by atoms with E-state index < -0.39 is 0 Å². The average molecular weight is 290 g/mol. The molecule has 0 fully saturated rings. The zero-order valence-corrected chi connectivity index (χ0v) is 12.4. The molecule has 0 saturated carbocycles. The molecule has 0 aliphatic carbocycles. The van der Waals surface area contributed by atoms with Crippen LogP contribution in [-0.2, 0) is 6.42 Å². The predicted molar refractivity (Wildman–Crippen MR) is 79.9 cm³/mol. The van der Waals surface area contributed by atoms with Gasteiger partial charge in [0.05, 0.1) is 0 Å². The van der Waals surface area contributed by atoms with Gasteiger partial charge in [-0.1, -0.05) is 13.0 Å². The Morgan fingerprint density at radius 2 is 2.25 bits per heavy atom. The molecular formula is C14H18N4OS. The maximum Gasteiger partial charge on any atom is 0.251 e. The molecule has 0 aromatic carbocycles. The molecule has 0 radical (unpaired) electrons. The predicted octanol–water partition coefficient (Wildman–Crippen LogP) is 1.90. The molecule has 20 heavy (non-hydrogen) atoms. The van der Waals surface area contributed by atoms with Crippen LogP contribution in [0.2, 0.25) is 0 Å². The number of nitrogens with one attached hydrogen (secondary N) is 1. The molecule has 2 aromatic rings. The lowest BCUT2D eigenvalue weighted by Gasteiger charge is -2.08. The smallest absolute Gasteiger partial charge is 0.251 e. The molecule has 0 amide bonds. The number of aromatic amines is 1. The normalized spacial score (nSPS) is 12.3. The van der Waals surface area contributed by atoms with Crippen LogP contribution in [0.25, 0.3) is 0 Å². The van der Waals surface area contributed by atoms with Crippen molar-refractivity contribution in [1.82, 2.24) is 15.0 Å². The van der Waals surface area contributed by atoms with Gasteiger partial charge in [0.2, 0.25) is 0 Å².